The molecule has 1 aliphatic carbocycles. The number of hydrogen-bond acceptors (Lipinski definition) is 3. The molecule has 1 heterocycles. The van der Waals surface area contributed by atoms with Crippen molar-refractivity contribution in [3.8, 4) is 0 Å². The van der Waals surface area contributed by atoms with Crippen LogP contribution in [0.4, 0.5) is 10.1 Å². The number of nitrogens with two attached hydrogens (primary N) is 1. The predicted molar refractivity (Wildman–Crippen MR) is 95.9 cm³/mol. The SMILES string of the molecule is Nc1conc1C1CCc2cc(CCc3ccc(F)cc3)ccc2C1. The van der Waals surface area contributed by atoms with Gasteiger partial charge in [0, 0.05) is 5.92 Å². The molecule has 4 heteroatoms. The smallest absolute Gasteiger partial charge is 0.147 e. The molecule has 1 aromatic heterocycles. The zero-order valence-corrected chi connectivity index (χ0v) is 14.0. The van der Waals surface area contributed by atoms with Crippen LogP contribution in [0.5, 0.6) is 0 Å². The van der Waals surface area contributed by atoms with Gasteiger partial charge in [-0.1, -0.05) is 35.5 Å². The first-order valence-electron chi connectivity index (χ1n) is 8.74. The molecule has 0 saturated heterocycles. The topological polar surface area (TPSA) is 52.0 Å². The van der Waals surface area contributed by atoms with Crippen LogP contribution in [-0.4, -0.2) is 5.16 Å². The Morgan fingerprint density at radius 1 is 1.04 bits per heavy atom. The number of aryl methyl sites for hydroxylation is 3. The molecule has 2 aromatic carbocycles. The molecule has 4 rings (SSSR count). The average molecular weight is 336 g/mol. The molecular weight excluding hydrogens is 315 g/mol. The van der Waals surface area contributed by atoms with Crippen molar-refractivity contribution in [2.75, 3.05) is 5.73 Å². The van der Waals surface area contributed by atoms with Gasteiger partial charge in [-0.25, -0.2) is 4.39 Å². The van der Waals surface area contributed by atoms with Crippen molar-refractivity contribution in [3.63, 3.8) is 0 Å². The van der Waals surface area contributed by atoms with E-state index in [0.29, 0.717) is 11.6 Å². The number of hydrogen-bond donors (Lipinski definition) is 1. The summed E-state index contributed by atoms with van der Waals surface area (Å²) in [5.74, 6) is 0.163. The highest BCUT2D eigenvalue weighted by Gasteiger charge is 2.24. The van der Waals surface area contributed by atoms with Crippen molar-refractivity contribution in [2.45, 2.75) is 38.0 Å². The maximum atomic E-state index is 13.0. The van der Waals surface area contributed by atoms with E-state index in [2.05, 4.69) is 23.4 Å². The first kappa shape index (κ1) is 15.9. The molecule has 0 bridgehead atoms. The van der Waals surface area contributed by atoms with E-state index >= 15 is 0 Å². The van der Waals surface area contributed by atoms with E-state index in [0.717, 1.165) is 37.8 Å². The van der Waals surface area contributed by atoms with Crippen molar-refractivity contribution < 1.29 is 8.91 Å². The van der Waals surface area contributed by atoms with Crippen LogP contribution in [0, 0.1) is 5.82 Å². The molecule has 128 valence electrons. The molecule has 1 aliphatic rings. The van der Waals surface area contributed by atoms with Crippen molar-refractivity contribution in [1.82, 2.24) is 5.16 Å². The first-order valence-corrected chi connectivity index (χ1v) is 8.74. The van der Waals surface area contributed by atoms with Gasteiger partial charge in [-0.05, 0) is 66.5 Å². The minimum atomic E-state index is -0.181. The van der Waals surface area contributed by atoms with Crippen LogP contribution in [0.1, 0.15) is 40.3 Å². The van der Waals surface area contributed by atoms with Gasteiger partial charge < -0.3 is 10.3 Å². The summed E-state index contributed by atoms with van der Waals surface area (Å²) < 4.78 is 18.0. The zero-order valence-electron chi connectivity index (χ0n) is 14.0. The molecule has 3 nitrogen and oxygen atoms in total. The maximum absolute atomic E-state index is 13.0. The summed E-state index contributed by atoms with van der Waals surface area (Å²) >= 11 is 0. The van der Waals surface area contributed by atoms with Crippen LogP contribution in [0.3, 0.4) is 0 Å². The molecule has 2 N–H and O–H groups in total. The highest BCUT2D eigenvalue weighted by Crippen LogP contribution is 2.34. The second kappa shape index (κ2) is 6.71. The Labute approximate surface area is 146 Å². The number of rotatable bonds is 4. The maximum Gasteiger partial charge on any atom is 0.147 e. The molecule has 0 fully saturated rings. The molecule has 1 unspecified atom stereocenters. The van der Waals surface area contributed by atoms with E-state index in [1.54, 1.807) is 0 Å². The van der Waals surface area contributed by atoms with Gasteiger partial charge in [0.15, 0.2) is 0 Å². The summed E-state index contributed by atoms with van der Waals surface area (Å²) in [6, 6.07) is 13.5. The Kier molecular flexibility index (Phi) is 4.26. The lowest BCUT2D eigenvalue weighted by Gasteiger charge is -2.24. The number of anilines is 1. The van der Waals surface area contributed by atoms with Crippen LogP contribution >= 0.6 is 0 Å². The van der Waals surface area contributed by atoms with Gasteiger partial charge in [-0.15, -0.1) is 0 Å². The van der Waals surface area contributed by atoms with E-state index in [4.69, 9.17) is 10.3 Å². The van der Waals surface area contributed by atoms with Crippen LogP contribution in [0.15, 0.2) is 53.3 Å². The summed E-state index contributed by atoms with van der Waals surface area (Å²) in [6.45, 7) is 0. The number of nitrogen functional groups attached to an aromatic ring is 1. The Balaban J connectivity index is 1.44. The number of fused-ring (bicyclic) bond motifs is 1. The second-order valence-electron chi connectivity index (χ2n) is 6.82. The molecule has 0 saturated carbocycles. The first-order chi connectivity index (χ1) is 12.2. The lowest BCUT2D eigenvalue weighted by molar-refractivity contribution is 0.399. The monoisotopic (exact) mass is 336 g/mol. The predicted octanol–water partition coefficient (Wildman–Crippen LogP) is 4.45. The Bertz CT molecular complexity index is 870. The summed E-state index contributed by atoms with van der Waals surface area (Å²) in [6.07, 6.45) is 6.46. The number of halogens is 1. The van der Waals surface area contributed by atoms with Gasteiger partial charge in [0.05, 0.1) is 5.69 Å². The molecule has 0 amide bonds. The lowest BCUT2D eigenvalue weighted by atomic mass is 9.81. The standard InChI is InChI=1S/C21H21FN2O/c22-19-9-4-14(5-10-19)1-2-15-3-6-17-12-18(8-7-16(17)11-15)21-20(23)13-25-24-21/h3-6,9-11,13,18H,1-2,7-8,12,23H2. The largest absolute Gasteiger partial charge is 0.395 e. The van der Waals surface area contributed by atoms with Crippen LogP contribution in [0.2, 0.25) is 0 Å². The Morgan fingerprint density at radius 3 is 2.56 bits per heavy atom. The van der Waals surface area contributed by atoms with Gasteiger partial charge in [0.2, 0.25) is 0 Å². The summed E-state index contributed by atoms with van der Waals surface area (Å²) in [4.78, 5) is 0. The summed E-state index contributed by atoms with van der Waals surface area (Å²) in [5, 5.41) is 4.07. The molecule has 0 spiro atoms. The van der Waals surface area contributed by atoms with Crippen molar-refractivity contribution >= 4 is 5.69 Å². The zero-order chi connectivity index (χ0) is 17.2. The number of benzene rings is 2. The van der Waals surface area contributed by atoms with Crippen molar-refractivity contribution in [3.05, 3.63) is 82.5 Å². The van der Waals surface area contributed by atoms with Crippen LogP contribution in [0.25, 0.3) is 0 Å². The minimum absolute atomic E-state index is 0.181. The molecule has 25 heavy (non-hydrogen) atoms. The molecule has 0 radical (unpaired) electrons. The van der Waals surface area contributed by atoms with E-state index < -0.39 is 0 Å². The average Bonchev–Trinajstić information content (AvgIpc) is 3.06. The number of aromatic nitrogens is 1. The van der Waals surface area contributed by atoms with Crippen LogP contribution in [-0.2, 0) is 25.7 Å². The Morgan fingerprint density at radius 2 is 1.80 bits per heavy atom. The summed E-state index contributed by atoms with van der Waals surface area (Å²) in [7, 11) is 0. The molecule has 0 aliphatic heterocycles. The van der Waals surface area contributed by atoms with E-state index in [-0.39, 0.29) is 5.82 Å². The molecule has 3 aromatic rings. The van der Waals surface area contributed by atoms with Gasteiger partial charge >= 0.3 is 0 Å². The Hall–Kier alpha value is -2.62. The fourth-order valence-electron chi connectivity index (χ4n) is 3.70. The third-order valence-corrected chi connectivity index (χ3v) is 5.13. The summed E-state index contributed by atoms with van der Waals surface area (Å²) in [5.41, 5.74) is 12.8. The van der Waals surface area contributed by atoms with Gasteiger partial charge in [-0.3, -0.25) is 0 Å². The van der Waals surface area contributed by atoms with Gasteiger partial charge in [0.25, 0.3) is 0 Å². The van der Waals surface area contributed by atoms with E-state index in [9.17, 15) is 4.39 Å². The van der Waals surface area contributed by atoms with E-state index in [1.165, 1.54) is 40.6 Å². The van der Waals surface area contributed by atoms with Crippen LogP contribution < -0.4 is 5.73 Å². The molecule has 1 atom stereocenters. The lowest BCUT2D eigenvalue weighted by Crippen LogP contribution is -2.14. The molecular formula is C21H21FN2O. The van der Waals surface area contributed by atoms with Crippen molar-refractivity contribution in [2.24, 2.45) is 0 Å². The normalized spacial score (nSPS) is 16.6. The highest BCUT2D eigenvalue weighted by molar-refractivity contribution is 5.44. The van der Waals surface area contributed by atoms with Gasteiger partial charge in [-0.2, -0.15) is 0 Å². The highest BCUT2D eigenvalue weighted by atomic mass is 19.1. The quantitative estimate of drug-likeness (QED) is 0.765. The third-order valence-electron chi connectivity index (χ3n) is 5.13. The number of nitrogens with zero attached hydrogens (tertiary/aromatic N) is 1. The van der Waals surface area contributed by atoms with Gasteiger partial charge in [0.1, 0.15) is 17.8 Å². The fourth-order valence-corrected chi connectivity index (χ4v) is 3.70. The third kappa shape index (κ3) is 3.43. The fraction of sp³-hybridized carbons (Fsp3) is 0.286. The minimum Gasteiger partial charge on any atom is -0.395 e. The van der Waals surface area contributed by atoms with E-state index in [1.807, 2.05) is 12.1 Å². The second-order valence-corrected chi connectivity index (χ2v) is 6.82. The van der Waals surface area contributed by atoms with Crippen molar-refractivity contribution in [1.29, 1.82) is 0 Å².